The molecular weight excluding hydrogens is 360 g/mol. The van der Waals surface area contributed by atoms with Gasteiger partial charge in [0.15, 0.2) is 0 Å². The predicted octanol–water partition coefficient (Wildman–Crippen LogP) is 3.87. The van der Waals surface area contributed by atoms with Gasteiger partial charge in [-0.05, 0) is 41.8 Å². The van der Waals surface area contributed by atoms with Crippen LogP contribution in [0.25, 0.3) is 0 Å². The molecule has 0 aliphatic rings. The summed E-state index contributed by atoms with van der Waals surface area (Å²) in [6.07, 6.45) is 1.08. The molecule has 0 bridgehead atoms. The highest BCUT2D eigenvalue weighted by Crippen LogP contribution is 2.22. The van der Waals surface area contributed by atoms with Gasteiger partial charge in [-0.25, -0.2) is 8.42 Å². The van der Waals surface area contributed by atoms with Crippen molar-refractivity contribution in [2.24, 2.45) is 0 Å². The zero-order valence-electron chi connectivity index (χ0n) is 14.4. The first kappa shape index (κ1) is 19.3. The number of nitrogens with one attached hydrogen (secondary N) is 1. The maximum Gasteiger partial charge on any atom is 0.245 e. The highest BCUT2D eigenvalue weighted by molar-refractivity contribution is 7.92. The predicted molar refractivity (Wildman–Crippen MR) is 103 cm³/mol. The Morgan fingerprint density at radius 3 is 2.32 bits per heavy atom. The normalized spacial score (nSPS) is 11.4. The number of hydrogen-bond acceptors (Lipinski definition) is 3. The number of sulfonamides is 1. The molecule has 5 nitrogen and oxygen atoms in total. The third-order valence-corrected chi connectivity index (χ3v) is 5.02. The van der Waals surface area contributed by atoms with Crippen LogP contribution in [0.2, 0.25) is 5.02 Å². The Bertz CT molecular complexity index is 849. The summed E-state index contributed by atoms with van der Waals surface area (Å²) in [6.45, 7) is 3.80. The zero-order chi connectivity index (χ0) is 18.6. The third kappa shape index (κ3) is 5.47. The van der Waals surface area contributed by atoms with Gasteiger partial charge in [0, 0.05) is 10.7 Å². The minimum Gasteiger partial charge on any atom is -0.324 e. The number of hydrogen-bond donors (Lipinski definition) is 1. The standard InChI is InChI=1S/C18H21ClN2O3S/c1-13(2)14-7-9-17(10-8-14)21(25(3,23)24)12-18(22)20-16-6-4-5-15(19)11-16/h4-11,13H,12H2,1-3H3,(H,20,22). The Labute approximate surface area is 153 Å². The summed E-state index contributed by atoms with van der Waals surface area (Å²) in [6, 6.07) is 13.8. The van der Waals surface area contributed by atoms with Crippen LogP contribution in [0.3, 0.4) is 0 Å². The lowest BCUT2D eigenvalue weighted by molar-refractivity contribution is -0.114. The van der Waals surface area contributed by atoms with E-state index in [0.29, 0.717) is 22.3 Å². The van der Waals surface area contributed by atoms with E-state index in [1.54, 1.807) is 36.4 Å². The summed E-state index contributed by atoms with van der Waals surface area (Å²) in [5.74, 6) is -0.104. The molecule has 0 aliphatic heterocycles. The van der Waals surface area contributed by atoms with Gasteiger partial charge in [-0.3, -0.25) is 9.10 Å². The lowest BCUT2D eigenvalue weighted by Gasteiger charge is -2.22. The fourth-order valence-corrected chi connectivity index (χ4v) is 3.37. The van der Waals surface area contributed by atoms with Crippen LogP contribution in [-0.2, 0) is 14.8 Å². The van der Waals surface area contributed by atoms with Crippen LogP contribution in [0, 0.1) is 0 Å². The van der Waals surface area contributed by atoms with E-state index in [1.165, 1.54) is 0 Å². The van der Waals surface area contributed by atoms with E-state index in [-0.39, 0.29) is 6.54 Å². The van der Waals surface area contributed by atoms with E-state index in [4.69, 9.17) is 11.6 Å². The number of carbonyl (C=O) groups is 1. The van der Waals surface area contributed by atoms with Crippen molar-refractivity contribution in [3.63, 3.8) is 0 Å². The number of amides is 1. The monoisotopic (exact) mass is 380 g/mol. The molecule has 25 heavy (non-hydrogen) atoms. The fourth-order valence-electron chi connectivity index (χ4n) is 2.32. The molecule has 0 aliphatic carbocycles. The van der Waals surface area contributed by atoms with Gasteiger partial charge in [-0.1, -0.05) is 43.6 Å². The number of anilines is 2. The maximum atomic E-state index is 12.3. The quantitative estimate of drug-likeness (QED) is 0.827. The molecule has 134 valence electrons. The largest absolute Gasteiger partial charge is 0.324 e. The number of rotatable bonds is 6. The minimum atomic E-state index is -3.60. The second-order valence-electron chi connectivity index (χ2n) is 6.07. The SMILES string of the molecule is CC(C)c1ccc(N(CC(=O)Nc2cccc(Cl)c2)S(C)(=O)=O)cc1. The van der Waals surface area contributed by atoms with Gasteiger partial charge in [0.2, 0.25) is 15.9 Å². The Balaban J connectivity index is 2.19. The molecule has 2 rings (SSSR count). The maximum absolute atomic E-state index is 12.3. The van der Waals surface area contributed by atoms with Crippen LogP contribution >= 0.6 is 11.6 Å². The summed E-state index contributed by atoms with van der Waals surface area (Å²) >= 11 is 5.89. The van der Waals surface area contributed by atoms with Gasteiger partial charge in [0.05, 0.1) is 11.9 Å². The lowest BCUT2D eigenvalue weighted by atomic mass is 10.0. The van der Waals surface area contributed by atoms with E-state index in [9.17, 15) is 13.2 Å². The average molecular weight is 381 g/mol. The number of nitrogens with zero attached hydrogens (tertiary/aromatic N) is 1. The van der Waals surface area contributed by atoms with Gasteiger partial charge >= 0.3 is 0 Å². The van der Waals surface area contributed by atoms with Crippen LogP contribution in [0.15, 0.2) is 48.5 Å². The van der Waals surface area contributed by atoms with Crippen LogP contribution in [0.4, 0.5) is 11.4 Å². The number of carbonyl (C=O) groups excluding carboxylic acids is 1. The van der Waals surface area contributed by atoms with Crippen molar-refractivity contribution in [1.82, 2.24) is 0 Å². The highest BCUT2D eigenvalue weighted by atomic mass is 35.5. The van der Waals surface area contributed by atoms with Crippen molar-refractivity contribution in [2.75, 3.05) is 22.4 Å². The van der Waals surface area contributed by atoms with E-state index in [2.05, 4.69) is 19.2 Å². The van der Waals surface area contributed by atoms with Crippen LogP contribution in [-0.4, -0.2) is 27.1 Å². The molecule has 2 aromatic carbocycles. The molecule has 0 saturated heterocycles. The minimum absolute atomic E-state index is 0.313. The Morgan fingerprint density at radius 2 is 1.80 bits per heavy atom. The molecule has 0 heterocycles. The van der Waals surface area contributed by atoms with Crippen LogP contribution in [0.1, 0.15) is 25.3 Å². The molecule has 0 radical (unpaired) electrons. The number of benzene rings is 2. The molecule has 7 heteroatoms. The molecule has 0 fully saturated rings. The third-order valence-electron chi connectivity index (χ3n) is 3.64. The van der Waals surface area contributed by atoms with E-state index in [1.807, 2.05) is 12.1 Å². The Hall–Kier alpha value is -2.05. The zero-order valence-corrected chi connectivity index (χ0v) is 15.9. The van der Waals surface area contributed by atoms with Gasteiger partial charge in [0.25, 0.3) is 0 Å². The van der Waals surface area contributed by atoms with Gasteiger partial charge in [-0.15, -0.1) is 0 Å². The van der Waals surface area contributed by atoms with Gasteiger partial charge in [0.1, 0.15) is 6.54 Å². The molecule has 1 amide bonds. The van der Waals surface area contributed by atoms with Crippen molar-refractivity contribution >= 4 is 38.9 Å². The molecule has 0 aromatic heterocycles. The first-order valence-corrected chi connectivity index (χ1v) is 10.0. The molecular formula is C18H21ClN2O3S. The summed E-state index contributed by atoms with van der Waals surface area (Å²) in [5, 5.41) is 3.14. The van der Waals surface area contributed by atoms with Crippen molar-refractivity contribution in [1.29, 1.82) is 0 Å². The van der Waals surface area contributed by atoms with E-state index >= 15 is 0 Å². The lowest BCUT2D eigenvalue weighted by Crippen LogP contribution is -2.37. The Morgan fingerprint density at radius 1 is 1.16 bits per heavy atom. The van der Waals surface area contributed by atoms with Gasteiger partial charge < -0.3 is 5.32 Å². The second-order valence-corrected chi connectivity index (χ2v) is 8.42. The number of halogens is 1. The van der Waals surface area contributed by atoms with Crippen molar-refractivity contribution in [3.05, 3.63) is 59.1 Å². The summed E-state index contributed by atoms with van der Waals surface area (Å²) in [4.78, 5) is 12.3. The molecule has 0 spiro atoms. The smallest absolute Gasteiger partial charge is 0.245 e. The highest BCUT2D eigenvalue weighted by Gasteiger charge is 2.21. The topological polar surface area (TPSA) is 66.5 Å². The van der Waals surface area contributed by atoms with Gasteiger partial charge in [-0.2, -0.15) is 0 Å². The summed E-state index contributed by atoms with van der Waals surface area (Å²) < 4.78 is 25.3. The van der Waals surface area contributed by atoms with Crippen molar-refractivity contribution in [2.45, 2.75) is 19.8 Å². The molecule has 0 atom stereocenters. The Kier molecular flexibility index (Phi) is 6.08. The average Bonchev–Trinajstić information content (AvgIpc) is 2.51. The first-order valence-electron chi connectivity index (χ1n) is 7.80. The molecule has 0 unspecified atom stereocenters. The van der Waals surface area contributed by atoms with Crippen LogP contribution in [0.5, 0.6) is 0 Å². The summed E-state index contributed by atoms with van der Waals surface area (Å²) in [5.41, 5.74) is 2.06. The van der Waals surface area contributed by atoms with Crippen molar-refractivity contribution in [3.8, 4) is 0 Å². The van der Waals surface area contributed by atoms with Crippen molar-refractivity contribution < 1.29 is 13.2 Å². The molecule has 1 N–H and O–H groups in total. The van der Waals surface area contributed by atoms with Crippen LogP contribution < -0.4 is 9.62 Å². The second kappa shape index (κ2) is 7.89. The molecule has 2 aromatic rings. The van der Waals surface area contributed by atoms with E-state index in [0.717, 1.165) is 16.1 Å². The van der Waals surface area contributed by atoms with E-state index < -0.39 is 15.9 Å². The summed E-state index contributed by atoms with van der Waals surface area (Å²) in [7, 11) is -3.60. The fraction of sp³-hybridized carbons (Fsp3) is 0.278. The first-order chi connectivity index (χ1) is 11.7. The molecule has 0 saturated carbocycles.